The molecule has 0 unspecified atom stereocenters. The second kappa shape index (κ2) is 10.5. The molecular weight excluding hydrogens is 448 g/mol. The number of fused-ring (bicyclic) bond motifs is 5. The second-order valence-corrected chi connectivity index (χ2v) is 13.2. The summed E-state index contributed by atoms with van der Waals surface area (Å²) < 4.78 is 5.68. The number of hydrogen-bond acceptors (Lipinski definition) is 3. The van der Waals surface area contributed by atoms with Crippen LogP contribution in [0.15, 0.2) is 35.5 Å². The van der Waals surface area contributed by atoms with Gasteiger partial charge in [-0.1, -0.05) is 77.0 Å². The molecule has 0 aromatic heterocycles. The lowest BCUT2D eigenvalue weighted by Gasteiger charge is -2.55. The third kappa shape index (κ3) is 5.11. The molecule has 0 bridgehead atoms. The molecule has 8 atom stereocenters. The van der Waals surface area contributed by atoms with Gasteiger partial charge in [-0.15, -0.1) is 0 Å². The zero-order chi connectivity index (χ0) is 26.3. The van der Waals surface area contributed by atoms with Gasteiger partial charge in [0, 0.05) is 6.42 Å². The van der Waals surface area contributed by atoms with E-state index in [4.69, 9.17) is 9.84 Å². The lowest BCUT2D eigenvalue weighted by atomic mass is 9.50. The molecule has 4 nitrogen and oxygen atoms in total. The van der Waals surface area contributed by atoms with Crippen LogP contribution in [0.3, 0.4) is 0 Å². The summed E-state index contributed by atoms with van der Waals surface area (Å²) in [6.07, 6.45) is 17.4. The van der Waals surface area contributed by atoms with E-state index in [0.717, 1.165) is 25.2 Å². The van der Waals surface area contributed by atoms with E-state index in [0.29, 0.717) is 35.0 Å². The summed E-state index contributed by atoms with van der Waals surface area (Å²) in [7, 11) is 0. The molecule has 0 aromatic carbocycles. The summed E-state index contributed by atoms with van der Waals surface area (Å²) in [5.41, 5.74) is 3.66. The highest BCUT2D eigenvalue weighted by Gasteiger charge is 2.57. The van der Waals surface area contributed by atoms with Gasteiger partial charge < -0.3 is 9.84 Å². The van der Waals surface area contributed by atoms with Gasteiger partial charge in [0.05, 0.1) is 12.8 Å². The van der Waals surface area contributed by atoms with Gasteiger partial charge in [-0.2, -0.15) is 0 Å². The number of carbonyl (C=O) groups excluding carboxylic acids is 1. The first-order valence-electron chi connectivity index (χ1n) is 14.5. The molecule has 0 radical (unpaired) electrons. The van der Waals surface area contributed by atoms with Crippen LogP contribution in [0.2, 0.25) is 0 Å². The SMILES string of the molecule is CC(C)[C@H](C)/C=C\[C@H](C)[C@@H]1CC[C@@H]2C3=CC=C4C[C@H](OC(=O)CCC(=O)O)CC[C@]4(C)[C@@H]3CC[C@@]21C. The number of rotatable bonds is 8. The van der Waals surface area contributed by atoms with Crippen molar-refractivity contribution < 1.29 is 19.4 Å². The lowest BCUT2D eigenvalue weighted by molar-refractivity contribution is -0.153. The molecule has 0 saturated heterocycles. The minimum atomic E-state index is -0.954. The predicted molar refractivity (Wildman–Crippen MR) is 144 cm³/mol. The normalized spacial score (nSPS) is 37.4. The molecule has 1 N–H and O–H groups in total. The number of carboxylic acid groups (broad SMARTS) is 1. The first kappa shape index (κ1) is 27.2. The Morgan fingerprint density at radius 2 is 1.75 bits per heavy atom. The number of hydrogen-bond donors (Lipinski definition) is 1. The zero-order valence-electron chi connectivity index (χ0n) is 23.4. The number of esters is 1. The fourth-order valence-corrected chi connectivity index (χ4v) is 8.13. The number of ether oxygens (including phenoxy) is 1. The van der Waals surface area contributed by atoms with E-state index < -0.39 is 5.97 Å². The van der Waals surface area contributed by atoms with Crippen molar-refractivity contribution in [2.24, 2.45) is 46.3 Å². The fraction of sp³-hybridized carbons (Fsp3) is 0.750. The molecule has 3 saturated carbocycles. The van der Waals surface area contributed by atoms with Gasteiger partial charge in [0.2, 0.25) is 0 Å². The van der Waals surface area contributed by atoms with E-state index in [-0.39, 0.29) is 30.3 Å². The first-order valence-corrected chi connectivity index (χ1v) is 14.5. The molecule has 200 valence electrons. The van der Waals surface area contributed by atoms with Gasteiger partial charge in [-0.25, -0.2) is 0 Å². The minimum absolute atomic E-state index is 0.0414. The van der Waals surface area contributed by atoms with Crippen molar-refractivity contribution in [3.05, 3.63) is 35.5 Å². The Bertz CT molecular complexity index is 942. The van der Waals surface area contributed by atoms with Gasteiger partial charge in [-0.05, 0) is 84.9 Å². The predicted octanol–water partition coefficient (Wildman–Crippen LogP) is 7.75. The maximum atomic E-state index is 12.1. The quantitative estimate of drug-likeness (QED) is 0.276. The number of allylic oxidation sites excluding steroid dienone is 5. The molecule has 0 amide bonds. The van der Waals surface area contributed by atoms with Crippen LogP contribution in [0.25, 0.3) is 0 Å². The maximum Gasteiger partial charge on any atom is 0.306 e. The van der Waals surface area contributed by atoms with Crippen LogP contribution < -0.4 is 0 Å². The van der Waals surface area contributed by atoms with Crippen LogP contribution in [-0.2, 0) is 14.3 Å². The van der Waals surface area contributed by atoms with E-state index >= 15 is 0 Å². The van der Waals surface area contributed by atoms with Crippen LogP contribution in [0.5, 0.6) is 0 Å². The minimum Gasteiger partial charge on any atom is -0.481 e. The Hall–Kier alpha value is -1.84. The van der Waals surface area contributed by atoms with Crippen molar-refractivity contribution in [2.75, 3.05) is 0 Å². The Balaban J connectivity index is 1.47. The van der Waals surface area contributed by atoms with Crippen LogP contribution in [0, 0.1) is 46.3 Å². The number of carboxylic acids is 1. The average Bonchev–Trinajstić information content (AvgIpc) is 3.18. The molecule has 4 heteroatoms. The molecule has 0 heterocycles. The highest BCUT2D eigenvalue weighted by molar-refractivity contribution is 5.76. The molecule has 0 aliphatic heterocycles. The van der Waals surface area contributed by atoms with Crippen molar-refractivity contribution in [3.8, 4) is 0 Å². The van der Waals surface area contributed by atoms with Gasteiger partial charge in [0.25, 0.3) is 0 Å². The Labute approximate surface area is 218 Å². The van der Waals surface area contributed by atoms with Crippen molar-refractivity contribution in [3.63, 3.8) is 0 Å². The highest BCUT2D eigenvalue weighted by atomic mass is 16.5. The maximum absolute atomic E-state index is 12.1. The smallest absolute Gasteiger partial charge is 0.306 e. The fourth-order valence-electron chi connectivity index (χ4n) is 8.13. The summed E-state index contributed by atoms with van der Waals surface area (Å²) in [5, 5.41) is 8.84. The van der Waals surface area contributed by atoms with Crippen LogP contribution >= 0.6 is 0 Å². The van der Waals surface area contributed by atoms with Crippen LogP contribution in [0.1, 0.15) is 99.3 Å². The van der Waals surface area contributed by atoms with Crippen LogP contribution in [0.4, 0.5) is 0 Å². The molecule has 0 spiro atoms. The lowest BCUT2D eigenvalue weighted by Crippen LogP contribution is -2.46. The number of carbonyl (C=O) groups is 2. The molecule has 4 aliphatic carbocycles. The molecule has 0 aromatic rings. The van der Waals surface area contributed by atoms with E-state index in [1.807, 2.05) is 0 Å². The van der Waals surface area contributed by atoms with Gasteiger partial charge in [-0.3, -0.25) is 9.59 Å². The van der Waals surface area contributed by atoms with Gasteiger partial charge in [0.15, 0.2) is 0 Å². The summed E-state index contributed by atoms with van der Waals surface area (Å²) in [5.74, 6) is 2.64. The van der Waals surface area contributed by atoms with E-state index in [1.54, 1.807) is 5.57 Å². The van der Waals surface area contributed by atoms with E-state index in [1.165, 1.54) is 31.3 Å². The molecule has 4 aliphatic rings. The molecular formula is C32H48O4. The summed E-state index contributed by atoms with van der Waals surface area (Å²) >= 11 is 0. The summed E-state index contributed by atoms with van der Waals surface area (Å²) in [6, 6.07) is 0. The van der Waals surface area contributed by atoms with E-state index in [2.05, 4.69) is 65.8 Å². The van der Waals surface area contributed by atoms with Crippen molar-refractivity contribution in [2.45, 2.75) is 105 Å². The third-order valence-electron chi connectivity index (χ3n) is 10.8. The molecule has 3 fully saturated rings. The number of aliphatic carboxylic acids is 1. The molecule has 4 rings (SSSR count). The van der Waals surface area contributed by atoms with Crippen molar-refractivity contribution in [1.29, 1.82) is 0 Å². The monoisotopic (exact) mass is 496 g/mol. The largest absolute Gasteiger partial charge is 0.481 e. The Kier molecular flexibility index (Phi) is 7.93. The highest BCUT2D eigenvalue weighted by Crippen LogP contribution is 2.66. The van der Waals surface area contributed by atoms with Crippen molar-refractivity contribution in [1.82, 2.24) is 0 Å². The average molecular weight is 497 g/mol. The topological polar surface area (TPSA) is 63.6 Å². The van der Waals surface area contributed by atoms with Crippen LogP contribution in [-0.4, -0.2) is 23.1 Å². The second-order valence-electron chi connectivity index (χ2n) is 13.2. The van der Waals surface area contributed by atoms with Gasteiger partial charge >= 0.3 is 11.9 Å². The van der Waals surface area contributed by atoms with E-state index in [9.17, 15) is 9.59 Å². The Morgan fingerprint density at radius 3 is 2.44 bits per heavy atom. The summed E-state index contributed by atoms with van der Waals surface area (Å²) in [6.45, 7) is 14.4. The van der Waals surface area contributed by atoms with Gasteiger partial charge in [0.1, 0.15) is 6.10 Å². The Morgan fingerprint density at radius 1 is 1.00 bits per heavy atom. The molecule has 36 heavy (non-hydrogen) atoms. The summed E-state index contributed by atoms with van der Waals surface area (Å²) in [4.78, 5) is 22.9. The third-order valence-corrected chi connectivity index (χ3v) is 10.8. The van der Waals surface area contributed by atoms with Crippen molar-refractivity contribution >= 4 is 11.9 Å². The zero-order valence-corrected chi connectivity index (χ0v) is 23.4. The first-order chi connectivity index (χ1) is 17.0. The standard InChI is InChI=1S/C32H48O4/c1-20(2)21(3)7-8-22(4)26-11-12-27-25-10-9-23-19-24(36-30(35)14-13-29(33)34)15-17-31(23,5)28(25)16-18-32(26,27)6/h7-10,20-22,24,26-28H,11-19H2,1-6H3,(H,33,34)/b8-7-/t21-,22+,24-,26+,27-,28-,31+,32-/m1/s1.